The zero-order valence-corrected chi connectivity index (χ0v) is 13.8. The highest BCUT2D eigenvalue weighted by molar-refractivity contribution is 6.02. The van der Waals surface area contributed by atoms with Gasteiger partial charge in [0.05, 0.1) is 31.7 Å². The zero-order chi connectivity index (χ0) is 17.0. The Labute approximate surface area is 134 Å². The van der Waals surface area contributed by atoms with Gasteiger partial charge in [-0.2, -0.15) is 0 Å². The summed E-state index contributed by atoms with van der Waals surface area (Å²) in [5.41, 5.74) is 1.14. The van der Waals surface area contributed by atoms with E-state index in [0.717, 1.165) is 6.29 Å². The Hall–Kier alpha value is -2.50. The van der Waals surface area contributed by atoms with Gasteiger partial charge < -0.3 is 18.8 Å². The number of aromatic nitrogens is 1. The number of aldehydes is 1. The molecule has 0 spiro atoms. The summed E-state index contributed by atoms with van der Waals surface area (Å²) >= 11 is 0. The lowest BCUT2D eigenvalue weighted by Gasteiger charge is -2.10. The van der Waals surface area contributed by atoms with E-state index < -0.39 is 0 Å². The molecule has 6 nitrogen and oxygen atoms in total. The van der Waals surface area contributed by atoms with Crippen LogP contribution >= 0.6 is 0 Å². The van der Waals surface area contributed by atoms with Gasteiger partial charge in [-0.1, -0.05) is 13.8 Å². The predicted octanol–water partition coefficient (Wildman–Crippen LogP) is 2.67. The van der Waals surface area contributed by atoms with Gasteiger partial charge in [0.2, 0.25) is 0 Å². The Morgan fingerprint density at radius 3 is 2.57 bits per heavy atom. The summed E-state index contributed by atoms with van der Waals surface area (Å²) in [6, 6.07) is 3.47. The number of ether oxygens (including phenoxy) is 3. The van der Waals surface area contributed by atoms with E-state index in [9.17, 15) is 9.59 Å². The van der Waals surface area contributed by atoms with Gasteiger partial charge in [-0.25, -0.2) is 0 Å². The highest BCUT2D eigenvalue weighted by Gasteiger charge is 2.17. The van der Waals surface area contributed by atoms with Gasteiger partial charge in [0.15, 0.2) is 6.29 Å². The summed E-state index contributed by atoms with van der Waals surface area (Å²) in [5.74, 6) is 1.03. The first kappa shape index (κ1) is 16.9. The number of hydrogen-bond donors (Lipinski definition) is 0. The van der Waals surface area contributed by atoms with Crippen LogP contribution in [0.2, 0.25) is 0 Å². The lowest BCUT2D eigenvalue weighted by Crippen LogP contribution is -2.15. The van der Waals surface area contributed by atoms with Gasteiger partial charge in [0.25, 0.3) is 0 Å². The summed E-state index contributed by atoms with van der Waals surface area (Å²) in [5, 5.41) is 0.653. The minimum absolute atomic E-state index is 0.0212. The second-order valence-electron chi connectivity index (χ2n) is 5.63. The maximum absolute atomic E-state index is 12.0. The standard InChI is InChI=1S/C17H21NO5/c1-11(2)10-23-16(20)8-18-7-12(9-19)17-14(18)5-13(21-3)6-15(17)22-4/h5-7,9,11H,8,10H2,1-4H3. The number of esters is 1. The minimum Gasteiger partial charge on any atom is -0.497 e. The van der Waals surface area contributed by atoms with Gasteiger partial charge in [0, 0.05) is 23.9 Å². The Balaban J connectivity index is 2.43. The highest BCUT2D eigenvalue weighted by Crippen LogP contribution is 2.34. The number of carbonyl (C=O) groups excluding carboxylic acids is 2. The molecule has 1 aromatic carbocycles. The van der Waals surface area contributed by atoms with Crippen molar-refractivity contribution in [2.24, 2.45) is 5.92 Å². The molecule has 0 saturated heterocycles. The first-order valence-electron chi connectivity index (χ1n) is 7.35. The number of benzene rings is 1. The topological polar surface area (TPSA) is 66.8 Å². The van der Waals surface area contributed by atoms with E-state index in [1.807, 2.05) is 13.8 Å². The van der Waals surface area contributed by atoms with E-state index in [0.29, 0.717) is 34.6 Å². The molecule has 23 heavy (non-hydrogen) atoms. The van der Waals surface area contributed by atoms with E-state index in [1.165, 1.54) is 7.11 Å². The van der Waals surface area contributed by atoms with Crippen LogP contribution in [0.4, 0.5) is 0 Å². The average Bonchev–Trinajstić information content (AvgIpc) is 2.89. The van der Waals surface area contributed by atoms with Crippen molar-refractivity contribution in [3.05, 3.63) is 23.9 Å². The number of methoxy groups -OCH3 is 2. The fraction of sp³-hybridized carbons (Fsp3) is 0.412. The van der Waals surface area contributed by atoms with Crippen LogP contribution in [-0.4, -0.2) is 37.6 Å². The first-order chi connectivity index (χ1) is 11.0. The number of nitrogens with zero attached hydrogens (tertiary/aromatic N) is 1. The van der Waals surface area contributed by atoms with E-state index in [-0.39, 0.29) is 18.4 Å². The quantitative estimate of drug-likeness (QED) is 0.580. The molecule has 0 aliphatic heterocycles. The summed E-state index contributed by atoms with van der Waals surface area (Å²) in [6.07, 6.45) is 2.36. The van der Waals surface area contributed by atoms with Crippen molar-refractivity contribution in [3.8, 4) is 11.5 Å². The van der Waals surface area contributed by atoms with Crippen LogP contribution in [0, 0.1) is 5.92 Å². The molecule has 2 rings (SSSR count). The van der Waals surface area contributed by atoms with Crippen LogP contribution in [0.5, 0.6) is 11.5 Å². The second-order valence-corrected chi connectivity index (χ2v) is 5.63. The molecule has 0 aliphatic carbocycles. The first-order valence-corrected chi connectivity index (χ1v) is 7.35. The molecule has 0 bridgehead atoms. The maximum atomic E-state index is 12.0. The van der Waals surface area contributed by atoms with E-state index in [1.54, 1.807) is 30.0 Å². The van der Waals surface area contributed by atoms with Gasteiger partial charge >= 0.3 is 5.97 Å². The van der Waals surface area contributed by atoms with Crippen molar-refractivity contribution >= 4 is 23.2 Å². The lowest BCUT2D eigenvalue weighted by molar-refractivity contribution is -0.145. The van der Waals surface area contributed by atoms with Crippen LogP contribution < -0.4 is 9.47 Å². The number of rotatable bonds is 7. The highest BCUT2D eigenvalue weighted by atomic mass is 16.5. The van der Waals surface area contributed by atoms with Gasteiger partial charge in [-0.15, -0.1) is 0 Å². The van der Waals surface area contributed by atoms with Gasteiger partial charge in [-0.3, -0.25) is 9.59 Å². The maximum Gasteiger partial charge on any atom is 0.325 e. The Morgan fingerprint density at radius 2 is 2.00 bits per heavy atom. The smallest absolute Gasteiger partial charge is 0.325 e. The van der Waals surface area contributed by atoms with Crippen molar-refractivity contribution in [1.82, 2.24) is 4.57 Å². The molecule has 0 amide bonds. The number of carbonyl (C=O) groups is 2. The fourth-order valence-corrected chi connectivity index (χ4v) is 2.34. The normalized spacial score (nSPS) is 10.8. The average molecular weight is 319 g/mol. The third kappa shape index (κ3) is 3.64. The summed E-state index contributed by atoms with van der Waals surface area (Å²) in [6.45, 7) is 4.33. The molecule has 2 aromatic rings. The molecular formula is C17H21NO5. The molecule has 0 N–H and O–H groups in total. The molecule has 1 aromatic heterocycles. The number of hydrogen-bond acceptors (Lipinski definition) is 5. The van der Waals surface area contributed by atoms with Crippen molar-refractivity contribution in [2.45, 2.75) is 20.4 Å². The van der Waals surface area contributed by atoms with Crippen molar-refractivity contribution < 1.29 is 23.8 Å². The molecule has 6 heteroatoms. The largest absolute Gasteiger partial charge is 0.497 e. The lowest BCUT2D eigenvalue weighted by atomic mass is 10.1. The van der Waals surface area contributed by atoms with Crippen LogP contribution in [-0.2, 0) is 16.1 Å². The Bertz CT molecular complexity index is 717. The molecule has 0 fully saturated rings. The summed E-state index contributed by atoms with van der Waals surface area (Å²) < 4.78 is 17.5. The van der Waals surface area contributed by atoms with Crippen LogP contribution in [0.3, 0.4) is 0 Å². The fourth-order valence-electron chi connectivity index (χ4n) is 2.34. The molecule has 1 heterocycles. The number of fused-ring (bicyclic) bond motifs is 1. The van der Waals surface area contributed by atoms with Crippen molar-refractivity contribution in [1.29, 1.82) is 0 Å². The molecule has 0 aliphatic rings. The van der Waals surface area contributed by atoms with Crippen LogP contribution in [0.25, 0.3) is 10.9 Å². The third-order valence-corrected chi connectivity index (χ3v) is 3.41. The monoisotopic (exact) mass is 319 g/mol. The zero-order valence-electron chi connectivity index (χ0n) is 13.8. The van der Waals surface area contributed by atoms with Crippen molar-refractivity contribution in [2.75, 3.05) is 20.8 Å². The predicted molar refractivity (Wildman–Crippen MR) is 86.2 cm³/mol. The van der Waals surface area contributed by atoms with Crippen LogP contribution in [0.1, 0.15) is 24.2 Å². The summed E-state index contributed by atoms with van der Waals surface area (Å²) in [7, 11) is 3.07. The van der Waals surface area contributed by atoms with E-state index >= 15 is 0 Å². The Morgan fingerprint density at radius 1 is 1.26 bits per heavy atom. The van der Waals surface area contributed by atoms with Crippen LogP contribution in [0.15, 0.2) is 18.3 Å². The molecule has 0 saturated carbocycles. The van der Waals surface area contributed by atoms with E-state index in [2.05, 4.69) is 0 Å². The molecule has 124 valence electrons. The van der Waals surface area contributed by atoms with Crippen molar-refractivity contribution in [3.63, 3.8) is 0 Å². The third-order valence-electron chi connectivity index (χ3n) is 3.41. The summed E-state index contributed by atoms with van der Waals surface area (Å²) in [4.78, 5) is 23.3. The van der Waals surface area contributed by atoms with Gasteiger partial charge in [-0.05, 0) is 5.92 Å². The van der Waals surface area contributed by atoms with Gasteiger partial charge in [0.1, 0.15) is 18.0 Å². The minimum atomic E-state index is -0.352. The molecular weight excluding hydrogens is 298 g/mol. The Kier molecular flexibility index (Phi) is 5.26. The SMILES string of the molecule is COc1cc(OC)c2c(C=O)cn(CC(=O)OCC(C)C)c2c1. The van der Waals surface area contributed by atoms with E-state index in [4.69, 9.17) is 14.2 Å². The molecule has 0 unspecified atom stereocenters. The second kappa shape index (κ2) is 7.17. The molecule has 0 atom stereocenters. The molecule has 0 radical (unpaired) electrons.